The van der Waals surface area contributed by atoms with Gasteiger partial charge >= 0.3 is 12.1 Å². The van der Waals surface area contributed by atoms with Gasteiger partial charge in [-0.05, 0) is 32.9 Å². The van der Waals surface area contributed by atoms with Crippen LogP contribution in [0.4, 0.5) is 4.79 Å². The zero-order valence-electron chi connectivity index (χ0n) is 17.6. The maximum Gasteiger partial charge on any atom is 0.408 e. The van der Waals surface area contributed by atoms with Crippen molar-refractivity contribution in [2.24, 2.45) is 0 Å². The van der Waals surface area contributed by atoms with Crippen molar-refractivity contribution in [3.63, 3.8) is 0 Å². The van der Waals surface area contributed by atoms with Crippen molar-refractivity contribution in [3.8, 4) is 0 Å². The van der Waals surface area contributed by atoms with Crippen molar-refractivity contribution >= 4 is 22.1 Å². The molecule has 0 aliphatic rings. The van der Waals surface area contributed by atoms with Gasteiger partial charge in [-0.25, -0.2) is 18.0 Å². The van der Waals surface area contributed by atoms with E-state index in [0.717, 1.165) is 0 Å². The lowest BCUT2D eigenvalue weighted by molar-refractivity contribution is -0.521. The number of carboxylic acid groups (broad SMARTS) is 1. The largest absolute Gasteiger partial charge is 0.480 e. The lowest BCUT2D eigenvalue weighted by atomic mass is 10.2. The van der Waals surface area contributed by atoms with Gasteiger partial charge in [-0.15, -0.1) is 6.58 Å². The third-order valence-corrected chi connectivity index (χ3v) is 5.75. The molecule has 0 saturated carbocycles. The molecule has 0 spiro atoms. The quantitative estimate of drug-likeness (QED) is 0.290. The summed E-state index contributed by atoms with van der Waals surface area (Å²) in [6, 6.07) is 4.03. The predicted octanol–water partition coefficient (Wildman–Crippen LogP) is 1.88. The van der Waals surface area contributed by atoms with Gasteiger partial charge in [0.15, 0.2) is 0 Å². The average molecular weight is 458 g/mol. The Hall–Kier alpha value is -2.99. The summed E-state index contributed by atoms with van der Waals surface area (Å²) in [5.74, 6) is -1.53. The first kappa shape index (κ1) is 26.0. The Morgan fingerprint density at radius 3 is 2.32 bits per heavy atom. The van der Waals surface area contributed by atoms with Crippen LogP contribution in [0.5, 0.6) is 0 Å². The highest BCUT2D eigenvalue weighted by Crippen LogP contribution is 2.18. The summed E-state index contributed by atoms with van der Waals surface area (Å²) >= 11 is 0. The zero-order chi connectivity index (χ0) is 23.8. The lowest BCUT2D eigenvalue weighted by Crippen LogP contribution is -2.52. The molecular weight excluding hydrogens is 430 g/mol. The molecule has 12 heteroatoms. The molecule has 2 N–H and O–H groups in total. The van der Waals surface area contributed by atoms with Crippen LogP contribution in [-0.4, -0.2) is 65.6 Å². The van der Waals surface area contributed by atoms with E-state index in [1.165, 1.54) is 30.3 Å². The summed E-state index contributed by atoms with van der Waals surface area (Å²) < 4.78 is 31.9. The first-order chi connectivity index (χ1) is 14.3. The summed E-state index contributed by atoms with van der Waals surface area (Å²) in [6.07, 6.45) is 0.0771. The van der Waals surface area contributed by atoms with Crippen LogP contribution in [-0.2, 0) is 19.6 Å². The van der Waals surface area contributed by atoms with Crippen molar-refractivity contribution in [2.45, 2.75) is 49.8 Å². The number of amides is 1. The van der Waals surface area contributed by atoms with Gasteiger partial charge in [-0.3, -0.25) is 10.1 Å². The van der Waals surface area contributed by atoms with Crippen LogP contribution in [0, 0.1) is 10.1 Å². The second-order valence-corrected chi connectivity index (χ2v) is 9.57. The van der Waals surface area contributed by atoms with Gasteiger partial charge < -0.3 is 15.2 Å². The molecule has 1 rings (SSSR count). The van der Waals surface area contributed by atoms with Gasteiger partial charge in [-0.1, -0.05) is 24.3 Å². The number of aliphatic carboxylic acids is 1. The number of carbonyl (C=O) groups excluding carboxylic acids is 1. The molecule has 0 bridgehead atoms. The molecule has 0 fully saturated rings. The molecule has 0 radical (unpaired) electrons. The molecule has 1 aromatic carbocycles. The minimum absolute atomic E-state index is 0.134. The molecule has 0 saturated heterocycles. The Kier molecular flexibility index (Phi) is 9.13. The minimum Gasteiger partial charge on any atom is -0.480 e. The smallest absolute Gasteiger partial charge is 0.408 e. The Bertz CT molecular complexity index is 896. The molecule has 2 atom stereocenters. The molecule has 31 heavy (non-hydrogen) atoms. The maximum absolute atomic E-state index is 13.1. The fraction of sp³-hybridized carbons (Fsp3) is 0.474. The number of benzene rings is 1. The number of hydrogen-bond acceptors (Lipinski definition) is 7. The molecule has 172 valence electrons. The van der Waals surface area contributed by atoms with E-state index in [9.17, 15) is 33.2 Å². The molecule has 1 aromatic rings. The molecule has 1 amide bonds. The predicted molar refractivity (Wildman–Crippen MR) is 112 cm³/mol. The molecule has 11 nitrogen and oxygen atoms in total. The number of carboxylic acids is 1. The summed E-state index contributed by atoms with van der Waals surface area (Å²) in [5, 5.41) is 23.0. The second kappa shape index (κ2) is 10.9. The molecule has 0 aliphatic heterocycles. The highest BCUT2D eigenvalue weighted by molar-refractivity contribution is 7.89. The van der Waals surface area contributed by atoms with Crippen molar-refractivity contribution < 1.29 is 32.8 Å². The monoisotopic (exact) mass is 457 g/mol. The average Bonchev–Trinajstić information content (AvgIpc) is 2.65. The first-order valence-electron chi connectivity index (χ1n) is 9.30. The van der Waals surface area contributed by atoms with Crippen molar-refractivity contribution in [1.82, 2.24) is 9.62 Å². The minimum atomic E-state index is -4.31. The molecule has 0 aromatic heterocycles. The third-order valence-electron chi connectivity index (χ3n) is 3.91. The number of ether oxygens (including phenoxy) is 1. The number of nitrogens with one attached hydrogen (secondary N) is 1. The molecule has 0 heterocycles. The van der Waals surface area contributed by atoms with Crippen LogP contribution in [0.25, 0.3) is 0 Å². The number of hydrogen-bond donors (Lipinski definition) is 2. The highest BCUT2D eigenvalue weighted by atomic mass is 32.2. The van der Waals surface area contributed by atoms with Gasteiger partial charge in [0.05, 0.1) is 11.4 Å². The SMILES string of the molecule is C=CCC(CN(CC(NC(=O)OC(C)(C)C)C(=O)O)S(=O)(=O)c1ccccc1)[N+](=O)[O-]. The second-order valence-electron chi connectivity index (χ2n) is 7.64. The molecular formula is C19H27N3O8S. The number of carbonyl (C=O) groups is 2. The Morgan fingerprint density at radius 2 is 1.87 bits per heavy atom. The van der Waals surface area contributed by atoms with Crippen LogP contribution in [0.3, 0.4) is 0 Å². The van der Waals surface area contributed by atoms with Crippen LogP contribution in [0.2, 0.25) is 0 Å². The van der Waals surface area contributed by atoms with E-state index in [1.54, 1.807) is 26.8 Å². The van der Waals surface area contributed by atoms with Gasteiger partial charge in [0.2, 0.25) is 16.1 Å². The highest BCUT2D eigenvalue weighted by Gasteiger charge is 2.36. The van der Waals surface area contributed by atoms with E-state index in [0.29, 0.717) is 4.31 Å². The Morgan fingerprint density at radius 1 is 1.29 bits per heavy atom. The number of sulfonamides is 1. The van der Waals surface area contributed by atoms with Gasteiger partial charge in [0.25, 0.3) is 0 Å². The normalized spacial score (nSPS) is 13.8. The Balaban J connectivity index is 3.27. The lowest BCUT2D eigenvalue weighted by Gasteiger charge is -2.27. The standard InChI is InChI=1S/C19H27N3O8S/c1-5-9-14(22(26)27)12-21(31(28,29)15-10-7-6-8-11-15)13-16(17(23)24)20-18(25)30-19(2,3)4/h5-8,10-11,14,16H,1,9,12-13H2,2-4H3,(H,20,25)(H,23,24). The number of nitrogens with zero attached hydrogens (tertiary/aromatic N) is 2. The number of alkyl carbamates (subject to hydrolysis) is 1. The zero-order valence-corrected chi connectivity index (χ0v) is 18.4. The third kappa shape index (κ3) is 8.34. The van der Waals surface area contributed by atoms with E-state index in [-0.39, 0.29) is 11.3 Å². The van der Waals surface area contributed by atoms with Gasteiger partial charge in [0.1, 0.15) is 11.6 Å². The van der Waals surface area contributed by atoms with Crippen LogP contribution in [0.15, 0.2) is 47.9 Å². The van der Waals surface area contributed by atoms with Crippen molar-refractivity contribution in [1.29, 1.82) is 0 Å². The van der Waals surface area contributed by atoms with E-state index in [4.69, 9.17) is 4.74 Å². The molecule has 0 aliphatic carbocycles. The maximum atomic E-state index is 13.1. The van der Waals surface area contributed by atoms with Crippen LogP contribution >= 0.6 is 0 Å². The van der Waals surface area contributed by atoms with E-state index in [2.05, 4.69) is 11.9 Å². The summed E-state index contributed by atoms with van der Waals surface area (Å²) in [7, 11) is -4.31. The summed E-state index contributed by atoms with van der Waals surface area (Å²) in [6.45, 7) is 6.80. The van der Waals surface area contributed by atoms with Gasteiger partial charge in [-0.2, -0.15) is 4.31 Å². The van der Waals surface area contributed by atoms with Crippen LogP contribution < -0.4 is 5.32 Å². The van der Waals surface area contributed by atoms with Gasteiger partial charge in [0, 0.05) is 17.9 Å². The number of rotatable bonds is 11. The fourth-order valence-corrected chi connectivity index (χ4v) is 4.02. The van der Waals surface area contributed by atoms with E-state index in [1.807, 2.05) is 0 Å². The van der Waals surface area contributed by atoms with Crippen molar-refractivity contribution in [2.75, 3.05) is 13.1 Å². The van der Waals surface area contributed by atoms with E-state index >= 15 is 0 Å². The molecule has 2 unspecified atom stereocenters. The topological polar surface area (TPSA) is 156 Å². The Labute approximate surface area is 180 Å². The summed E-state index contributed by atoms with van der Waals surface area (Å²) in [5.41, 5.74) is -0.913. The first-order valence-corrected chi connectivity index (χ1v) is 10.7. The van der Waals surface area contributed by atoms with E-state index < -0.39 is 57.8 Å². The fourth-order valence-electron chi connectivity index (χ4n) is 2.51. The van der Waals surface area contributed by atoms with Crippen LogP contribution in [0.1, 0.15) is 27.2 Å². The number of nitro groups is 1. The summed E-state index contributed by atoms with van der Waals surface area (Å²) in [4.78, 5) is 34.3. The van der Waals surface area contributed by atoms with Crippen molar-refractivity contribution in [3.05, 3.63) is 53.1 Å².